The van der Waals surface area contributed by atoms with Gasteiger partial charge in [-0.25, -0.2) is 0 Å². The molecule has 23 heavy (non-hydrogen) atoms. The molecule has 0 radical (unpaired) electrons. The fourth-order valence-corrected chi connectivity index (χ4v) is 3.25. The van der Waals surface area contributed by atoms with Crippen molar-refractivity contribution >= 4 is 17.8 Å². The number of fused-ring (bicyclic) bond motifs is 3. The van der Waals surface area contributed by atoms with E-state index in [1.807, 2.05) is 24.3 Å². The van der Waals surface area contributed by atoms with Crippen molar-refractivity contribution in [3.8, 4) is 16.9 Å². The molecule has 0 fully saturated rings. The van der Waals surface area contributed by atoms with Crippen molar-refractivity contribution in [3.05, 3.63) is 88.4 Å². The molecule has 0 heterocycles. The lowest BCUT2D eigenvalue weighted by atomic mass is 10.1. The van der Waals surface area contributed by atoms with Crippen LogP contribution >= 0.6 is 11.6 Å². The van der Waals surface area contributed by atoms with Crippen LogP contribution in [-0.2, 0) is 0 Å². The molecule has 0 saturated carbocycles. The Morgan fingerprint density at radius 2 is 1.48 bits per heavy atom. The molecular weight excluding hydrogens is 306 g/mol. The van der Waals surface area contributed by atoms with E-state index >= 15 is 0 Å². The predicted octanol–water partition coefficient (Wildman–Crippen LogP) is 5.23. The van der Waals surface area contributed by atoms with Gasteiger partial charge in [-0.2, -0.15) is 0 Å². The van der Waals surface area contributed by atoms with E-state index in [1.165, 1.54) is 22.3 Å². The van der Waals surface area contributed by atoms with E-state index in [2.05, 4.69) is 24.3 Å². The van der Waals surface area contributed by atoms with Gasteiger partial charge in [0.2, 0.25) is 0 Å². The van der Waals surface area contributed by atoms with Crippen LogP contribution < -0.4 is 0 Å². The zero-order chi connectivity index (χ0) is 15.8. The minimum Gasteiger partial charge on any atom is -0.507 e. The number of halogens is 1. The van der Waals surface area contributed by atoms with Crippen LogP contribution in [-0.4, -0.2) is 11.3 Å². The molecule has 0 bridgehead atoms. The van der Waals surface area contributed by atoms with Crippen LogP contribution in [0.3, 0.4) is 0 Å². The van der Waals surface area contributed by atoms with Crippen LogP contribution in [0.5, 0.6) is 5.75 Å². The summed E-state index contributed by atoms with van der Waals surface area (Å²) in [7, 11) is 0. The zero-order valence-electron chi connectivity index (χ0n) is 12.3. The average Bonchev–Trinajstić information content (AvgIpc) is 2.90. The fourth-order valence-electron chi connectivity index (χ4n) is 3.07. The lowest BCUT2D eigenvalue weighted by molar-refractivity contribution is 0.474. The molecule has 1 N–H and O–H groups in total. The van der Waals surface area contributed by atoms with Gasteiger partial charge in [0.1, 0.15) is 11.8 Å². The van der Waals surface area contributed by atoms with Gasteiger partial charge in [-0.3, -0.25) is 4.99 Å². The molecule has 112 valence electrons. The highest BCUT2D eigenvalue weighted by molar-refractivity contribution is 6.30. The highest BCUT2D eigenvalue weighted by Gasteiger charge is 2.26. The maximum Gasteiger partial charge on any atom is 0.124 e. The van der Waals surface area contributed by atoms with Gasteiger partial charge in [0, 0.05) is 16.8 Å². The van der Waals surface area contributed by atoms with E-state index < -0.39 is 0 Å². The SMILES string of the molecule is Oc1ccc(Cl)cc1C=NC1c2ccccc2-c2ccccc21. The maximum atomic E-state index is 9.95. The Morgan fingerprint density at radius 1 is 0.870 bits per heavy atom. The monoisotopic (exact) mass is 319 g/mol. The number of hydrogen-bond donors (Lipinski definition) is 1. The number of benzene rings is 3. The van der Waals surface area contributed by atoms with E-state index in [0.29, 0.717) is 10.6 Å². The van der Waals surface area contributed by atoms with Crippen LogP contribution in [0.15, 0.2) is 71.7 Å². The molecule has 3 aromatic rings. The van der Waals surface area contributed by atoms with Crippen LogP contribution in [0.25, 0.3) is 11.1 Å². The summed E-state index contributed by atoms with van der Waals surface area (Å²) >= 11 is 6.00. The van der Waals surface area contributed by atoms with Gasteiger partial charge in [-0.05, 0) is 40.5 Å². The van der Waals surface area contributed by atoms with Crippen molar-refractivity contribution in [1.29, 1.82) is 0 Å². The van der Waals surface area contributed by atoms with Crippen molar-refractivity contribution in [2.45, 2.75) is 6.04 Å². The quantitative estimate of drug-likeness (QED) is 0.644. The van der Waals surface area contributed by atoms with Crippen molar-refractivity contribution in [2.24, 2.45) is 4.99 Å². The summed E-state index contributed by atoms with van der Waals surface area (Å²) in [5, 5.41) is 10.5. The average molecular weight is 320 g/mol. The Balaban J connectivity index is 1.80. The van der Waals surface area contributed by atoms with Crippen LogP contribution in [0, 0.1) is 0 Å². The third-order valence-electron chi connectivity index (χ3n) is 4.15. The number of aliphatic imine (C=N–C) groups is 1. The molecule has 0 amide bonds. The first-order valence-corrected chi connectivity index (χ1v) is 7.82. The van der Waals surface area contributed by atoms with Crippen molar-refractivity contribution < 1.29 is 5.11 Å². The molecule has 0 saturated heterocycles. The van der Waals surface area contributed by atoms with E-state index in [0.717, 1.165) is 0 Å². The molecule has 0 spiro atoms. The van der Waals surface area contributed by atoms with E-state index in [1.54, 1.807) is 24.4 Å². The first-order valence-electron chi connectivity index (χ1n) is 7.44. The molecule has 3 heteroatoms. The summed E-state index contributed by atoms with van der Waals surface area (Å²) < 4.78 is 0. The van der Waals surface area contributed by atoms with Gasteiger partial charge in [0.05, 0.1) is 0 Å². The minimum atomic E-state index is -0.0548. The van der Waals surface area contributed by atoms with E-state index in [9.17, 15) is 5.11 Å². The lowest BCUT2D eigenvalue weighted by Crippen LogP contribution is -1.94. The lowest BCUT2D eigenvalue weighted by Gasteiger charge is -2.08. The van der Waals surface area contributed by atoms with Gasteiger partial charge in [-0.1, -0.05) is 60.1 Å². The maximum absolute atomic E-state index is 9.95. The van der Waals surface area contributed by atoms with Gasteiger partial charge in [0.15, 0.2) is 0 Å². The molecule has 1 aliphatic rings. The van der Waals surface area contributed by atoms with Crippen molar-refractivity contribution in [3.63, 3.8) is 0 Å². The largest absolute Gasteiger partial charge is 0.507 e. The first-order chi connectivity index (χ1) is 11.2. The Bertz CT molecular complexity index is 872. The van der Waals surface area contributed by atoms with E-state index in [4.69, 9.17) is 16.6 Å². The number of hydrogen-bond acceptors (Lipinski definition) is 2. The number of phenols is 1. The normalized spacial score (nSPS) is 13.3. The third-order valence-corrected chi connectivity index (χ3v) is 4.39. The number of aromatic hydroxyl groups is 1. The van der Waals surface area contributed by atoms with Crippen LogP contribution in [0.4, 0.5) is 0 Å². The summed E-state index contributed by atoms with van der Waals surface area (Å²) in [4.78, 5) is 4.73. The van der Waals surface area contributed by atoms with Crippen LogP contribution in [0.2, 0.25) is 5.02 Å². The predicted molar refractivity (Wildman–Crippen MR) is 94.4 cm³/mol. The Labute approximate surface area is 139 Å². The first kappa shape index (κ1) is 14.0. The van der Waals surface area contributed by atoms with Gasteiger partial charge in [-0.15, -0.1) is 0 Å². The Morgan fingerprint density at radius 3 is 2.13 bits per heavy atom. The van der Waals surface area contributed by atoms with Gasteiger partial charge >= 0.3 is 0 Å². The summed E-state index contributed by atoms with van der Waals surface area (Å²) in [6.45, 7) is 0. The highest BCUT2D eigenvalue weighted by atomic mass is 35.5. The van der Waals surface area contributed by atoms with E-state index in [-0.39, 0.29) is 11.8 Å². The molecular formula is C20H14ClNO. The summed E-state index contributed by atoms with van der Waals surface area (Å²) in [5.74, 6) is 0.178. The molecule has 0 aliphatic heterocycles. The second-order valence-corrected chi connectivity index (χ2v) is 5.99. The Hall–Kier alpha value is -2.58. The molecule has 1 aliphatic carbocycles. The second kappa shape index (κ2) is 5.56. The molecule has 0 unspecified atom stereocenters. The zero-order valence-corrected chi connectivity index (χ0v) is 13.0. The second-order valence-electron chi connectivity index (χ2n) is 5.56. The number of rotatable bonds is 2. The molecule has 0 atom stereocenters. The third kappa shape index (κ3) is 2.41. The smallest absolute Gasteiger partial charge is 0.124 e. The van der Waals surface area contributed by atoms with Crippen molar-refractivity contribution in [2.75, 3.05) is 0 Å². The van der Waals surface area contributed by atoms with Gasteiger partial charge < -0.3 is 5.11 Å². The standard InChI is InChI=1S/C20H14ClNO/c21-14-9-10-19(23)13(11-14)12-22-20-17-7-3-1-5-15(17)16-6-2-4-8-18(16)20/h1-12,20,23H. The summed E-state index contributed by atoms with van der Waals surface area (Å²) in [5.41, 5.74) is 5.44. The highest BCUT2D eigenvalue weighted by Crippen LogP contribution is 2.45. The fraction of sp³-hybridized carbons (Fsp3) is 0.0500. The summed E-state index contributed by atoms with van der Waals surface area (Å²) in [6.07, 6.45) is 1.70. The molecule has 4 rings (SSSR count). The molecule has 0 aromatic heterocycles. The number of phenolic OH excluding ortho intramolecular Hbond substituents is 1. The number of nitrogens with zero attached hydrogens (tertiary/aromatic N) is 1. The molecule has 2 nitrogen and oxygen atoms in total. The minimum absolute atomic E-state index is 0.0548. The summed E-state index contributed by atoms with van der Waals surface area (Å²) in [6, 6.07) is 21.5. The molecule has 3 aromatic carbocycles. The van der Waals surface area contributed by atoms with Crippen molar-refractivity contribution in [1.82, 2.24) is 0 Å². The Kier molecular flexibility index (Phi) is 3.40. The topological polar surface area (TPSA) is 32.6 Å². The van der Waals surface area contributed by atoms with Crippen LogP contribution in [0.1, 0.15) is 22.7 Å². The van der Waals surface area contributed by atoms with Gasteiger partial charge in [0.25, 0.3) is 0 Å².